The van der Waals surface area contributed by atoms with E-state index < -0.39 is 0 Å². The van der Waals surface area contributed by atoms with Crippen LogP contribution in [0, 0.1) is 0 Å². The summed E-state index contributed by atoms with van der Waals surface area (Å²) in [7, 11) is 1.59. The van der Waals surface area contributed by atoms with Crippen LogP contribution in [-0.4, -0.2) is 25.1 Å². The Morgan fingerprint density at radius 1 is 1.35 bits per heavy atom. The molecule has 1 aliphatic carbocycles. The Bertz CT molecular complexity index is 462. The molecule has 20 heavy (non-hydrogen) atoms. The number of hydrogen-bond acceptors (Lipinski definition) is 3. The molecular weight excluding hydrogens is 344 g/mol. The van der Waals surface area contributed by atoms with E-state index in [2.05, 4.69) is 21.2 Å². The lowest BCUT2D eigenvalue weighted by Crippen LogP contribution is -2.40. The predicted molar refractivity (Wildman–Crippen MR) is 85.6 cm³/mol. The van der Waals surface area contributed by atoms with Gasteiger partial charge in [0.2, 0.25) is 0 Å². The fraction of sp³-hybridized carbons (Fsp3) is 0.500. The number of benzene rings is 1. The monoisotopic (exact) mass is 362 g/mol. The lowest BCUT2D eigenvalue weighted by Gasteiger charge is -2.27. The lowest BCUT2D eigenvalue weighted by atomic mass is 9.91. The predicted octanol–water partition coefficient (Wildman–Crippen LogP) is 2.88. The average Bonchev–Trinajstić information content (AvgIpc) is 2.42. The molecule has 0 heterocycles. The minimum absolute atomic E-state index is 0. The molecule has 0 atom stereocenters. The van der Waals surface area contributed by atoms with Crippen LogP contribution in [0.15, 0.2) is 22.7 Å². The van der Waals surface area contributed by atoms with E-state index in [0.29, 0.717) is 11.3 Å². The van der Waals surface area contributed by atoms with E-state index in [-0.39, 0.29) is 30.4 Å². The highest BCUT2D eigenvalue weighted by molar-refractivity contribution is 9.10. The first-order valence-electron chi connectivity index (χ1n) is 6.50. The Morgan fingerprint density at radius 2 is 2.00 bits per heavy atom. The third-order valence-electron chi connectivity index (χ3n) is 3.53. The summed E-state index contributed by atoms with van der Waals surface area (Å²) in [5, 5.41) is 3.07. The van der Waals surface area contributed by atoms with Crippen molar-refractivity contribution in [2.24, 2.45) is 5.73 Å². The van der Waals surface area contributed by atoms with Gasteiger partial charge >= 0.3 is 0 Å². The highest BCUT2D eigenvalue weighted by Crippen LogP contribution is 2.23. The molecule has 0 unspecified atom stereocenters. The maximum absolute atomic E-state index is 12.3. The minimum Gasteiger partial charge on any atom is -0.497 e. The molecule has 0 aliphatic heterocycles. The second-order valence-corrected chi connectivity index (χ2v) is 5.79. The molecule has 1 aromatic rings. The molecule has 3 N–H and O–H groups in total. The van der Waals surface area contributed by atoms with Gasteiger partial charge < -0.3 is 15.8 Å². The summed E-state index contributed by atoms with van der Waals surface area (Å²) in [5.74, 6) is 0.616. The third kappa shape index (κ3) is 4.36. The van der Waals surface area contributed by atoms with E-state index in [1.807, 2.05) is 12.1 Å². The van der Waals surface area contributed by atoms with Crippen molar-refractivity contribution in [3.05, 3.63) is 28.2 Å². The number of carbonyl (C=O) groups excluding carboxylic acids is 1. The van der Waals surface area contributed by atoms with Gasteiger partial charge in [-0.2, -0.15) is 0 Å². The van der Waals surface area contributed by atoms with Gasteiger partial charge in [-0.1, -0.05) is 0 Å². The number of nitrogens with two attached hydrogens (primary N) is 1. The highest BCUT2D eigenvalue weighted by atomic mass is 79.9. The topological polar surface area (TPSA) is 64.3 Å². The maximum Gasteiger partial charge on any atom is 0.252 e. The molecule has 1 fully saturated rings. The smallest absolute Gasteiger partial charge is 0.252 e. The van der Waals surface area contributed by atoms with Gasteiger partial charge in [0.05, 0.1) is 12.7 Å². The van der Waals surface area contributed by atoms with Gasteiger partial charge in [-0.05, 0) is 59.8 Å². The number of rotatable bonds is 3. The Balaban J connectivity index is 0.00000200. The van der Waals surface area contributed by atoms with Gasteiger partial charge in [0.15, 0.2) is 0 Å². The van der Waals surface area contributed by atoms with Crippen molar-refractivity contribution in [3.63, 3.8) is 0 Å². The molecule has 6 heteroatoms. The van der Waals surface area contributed by atoms with Gasteiger partial charge in [0, 0.05) is 16.6 Å². The van der Waals surface area contributed by atoms with Gasteiger partial charge in [-0.25, -0.2) is 0 Å². The number of nitrogens with one attached hydrogen (secondary N) is 1. The van der Waals surface area contributed by atoms with Crippen LogP contribution in [0.1, 0.15) is 36.0 Å². The molecule has 1 aromatic carbocycles. The van der Waals surface area contributed by atoms with Crippen molar-refractivity contribution in [1.82, 2.24) is 5.32 Å². The van der Waals surface area contributed by atoms with Gasteiger partial charge in [0.25, 0.3) is 5.91 Å². The number of amides is 1. The summed E-state index contributed by atoms with van der Waals surface area (Å²) in [4.78, 5) is 12.3. The maximum atomic E-state index is 12.3. The number of ether oxygens (including phenoxy) is 1. The van der Waals surface area contributed by atoms with Gasteiger partial charge in [-0.15, -0.1) is 12.4 Å². The first-order chi connectivity index (χ1) is 9.10. The van der Waals surface area contributed by atoms with Gasteiger partial charge in [-0.3, -0.25) is 4.79 Å². The van der Waals surface area contributed by atoms with Crippen molar-refractivity contribution in [1.29, 1.82) is 0 Å². The Kier molecular flexibility index (Phi) is 6.79. The Morgan fingerprint density at radius 3 is 2.60 bits per heavy atom. The zero-order valence-electron chi connectivity index (χ0n) is 11.4. The van der Waals surface area contributed by atoms with E-state index >= 15 is 0 Å². The van der Waals surface area contributed by atoms with E-state index in [4.69, 9.17) is 10.5 Å². The largest absolute Gasteiger partial charge is 0.497 e. The van der Waals surface area contributed by atoms with E-state index in [0.717, 1.165) is 30.2 Å². The fourth-order valence-electron chi connectivity index (χ4n) is 2.33. The number of methoxy groups -OCH3 is 1. The molecule has 0 saturated heterocycles. The second kappa shape index (κ2) is 7.86. The van der Waals surface area contributed by atoms with E-state index in [9.17, 15) is 4.79 Å². The summed E-state index contributed by atoms with van der Waals surface area (Å²) in [6.07, 6.45) is 3.86. The minimum atomic E-state index is -0.0637. The third-order valence-corrected chi connectivity index (χ3v) is 4.22. The van der Waals surface area contributed by atoms with Crippen LogP contribution in [0.2, 0.25) is 0 Å². The molecule has 0 aromatic heterocycles. The van der Waals surface area contributed by atoms with Crippen molar-refractivity contribution >= 4 is 34.2 Å². The van der Waals surface area contributed by atoms with Crippen LogP contribution in [-0.2, 0) is 0 Å². The summed E-state index contributed by atoms with van der Waals surface area (Å²) >= 11 is 3.40. The van der Waals surface area contributed by atoms with Crippen LogP contribution in [0.3, 0.4) is 0 Å². The quantitative estimate of drug-likeness (QED) is 0.868. The molecule has 0 bridgehead atoms. The van der Waals surface area contributed by atoms with E-state index in [1.165, 1.54) is 0 Å². The van der Waals surface area contributed by atoms with Crippen molar-refractivity contribution in [2.45, 2.75) is 37.8 Å². The van der Waals surface area contributed by atoms with E-state index in [1.54, 1.807) is 13.2 Å². The summed E-state index contributed by atoms with van der Waals surface area (Å²) in [6, 6.07) is 5.90. The fourth-order valence-corrected chi connectivity index (χ4v) is 2.76. The number of carbonyl (C=O) groups is 1. The molecule has 1 amide bonds. The molecule has 2 rings (SSSR count). The first kappa shape index (κ1) is 17.3. The van der Waals surface area contributed by atoms with Crippen LogP contribution >= 0.6 is 28.3 Å². The zero-order chi connectivity index (χ0) is 13.8. The molecule has 1 saturated carbocycles. The number of halogens is 2. The van der Waals surface area contributed by atoms with Crippen LogP contribution < -0.4 is 15.8 Å². The molecule has 112 valence electrons. The zero-order valence-corrected chi connectivity index (χ0v) is 13.8. The van der Waals surface area contributed by atoms with Gasteiger partial charge in [0.1, 0.15) is 5.75 Å². The second-order valence-electron chi connectivity index (χ2n) is 4.93. The Hall–Kier alpha value is -0.780. The SMILES string of the molecule is COc1ccc(Br)c(C(=O)NC2CCC(N)CC2)c1.Cl. The normalized spacial score (nSPS) is 21.8. The van der Waals surface area contributed by atoms with Crippen molar-refractivity contribution < 1.29 is 9.53 Å². The summed E-state index contributed by atoms with van der Waals surface area (Å²) in [5.41, 5.74) is 6.47. The van der Waals surface area contributed by atoms with Crippen molar-refractivity contribution in [2.75, 3.05) is 7.11 Å². The van der Waals surface area contributed by atoms with Crippen molar-refractivity contribution in [3.8, 4) is 5.75 Å². The molecule has 1 aliphatic rings. The lowest BCUT2D eigenvalue weighted by molar-refractivity contribution is 0.0924. The first-order valence-corrected chi connectivity index (χ1v) is 7.29. The molecular formula is C14H20BrClN2O2. The average molecular weight is 364 g/mol. The van der Waals surface area contributed by atoms with Crippen LogP contribution in [0.25, 0.3) is 0 Å². The molecule has 0 radical (unpaired) electrons. The highest BCUT2D eigenvalue weighted by Gasteiger charge is 2.21. The molecule has 4 nitrogen and oxygen atoms in total. The van der Waals surface area contributed by atoms with Crippen LogP contribution in [0.4, 0.5) is 0 Å². The summed E-state index contributed by atoms with van der Waals surface area (Å²) in [6.45, 7) is 0. The Labute approximate surface area is 134 Å². The van der Waals surface area contributed by atoms with Crippen LogP contribution in [0.5, 0.6) is 5.75 Å². The summed E-state index contributed by atoms with van der Waals surface area (Å²) < 4.78 is 5.92. The standard InChI is InChI=1S/C14H19BrN2O2.ClH/c1-19-11-6-7-13(15)12(8-11)14(18)17-10-4-2-9(16)3-5-10;/h6-10H,2-5,16H2,1H3,(H,17,18);1H. The number of hydrogen-bond donors (Lipinski definition) is 2. The molecule has 0 spiro atoms.